The SMILES string of the molecule is O=C([O-])Cc1csc(SC2=C(C(=O)OC(c3ccccc3)c3ccccc3)N3C(=O)[C@@H](NC(=O)Cc4ccccc4)[C@@H]3SC2)n1.[K+]. The van der Waals surface area contributed by atoms with Crippen LogP contribution < -0.4 is 61.8 Å². The molecule has 0 radical (unpaired) electrons. The number of amides is 2. The van der Waals surface area contributed by atoms with Crippen molar-refractivity contribution < 1.29 is 80.4 Å². The van der Waals surface area contributed by atoms with Gasteiger partial charge in [0.15, 0.2) is 10.4 Å². The maximum atomic E-state index is 14.1. The number of esters is 1. The Labute approximate surface area is 320 Å². The number of benzene rings is 3. The second kappa shape index (κ2) is 15.9. The van der Waals surface area contributed by atoms with Crippen molar-refractivity contribution in [3.63, 3.8) is 0 Å². The number of thiazole rings is 1. The summed E-state index contributed by atoms with van der Waals surface area (Å²) in [6.45, 7) is 0. The number of thioether (sulfide) groups is 2. The second-order valence-electron chi connectivity index (χ2n) is 10.3. The number of aromatic nitrogens is 1. The molecular weight excluding hydrogens is 670 g/mol. The number of carboxylic acids is 1. The summed E-state index contributed by atoms with van der Waals surface area (Å²) >= 11 is 3.87. The van der Waals surface area contributed by atoms with Crippen LogP contribution in [0.4, 0.5) is 0 Å². The van der Waals surface area contributed by atoms with Gasteiger partial charge in [0.25, 0.3) is 5.91 Å². The predicted octanol–water partition coefficient (Wildman–Crippen LogP) is 0.719. The summed E-state index contributed by atoms with van der Waals surface area (Å²) in [5.74, 6) is -2.27. The molecule has 0 bridgehead atoms. The number of aliphatic carboxylic acids is 1. The van der Waals surface area contributed by atoms with Crippen LogP contribution in [0.1, 0.15) is 28.5 Å². The standard InChI is InChI=1S/C33H27N3O6S3.K/c37-25(16-20-10-4-1-5-11-20)35-27-30(40)36-28(24(19-43-31(27)36)45-33-34-23(18-44-33)17-26(38)39)32(41)42-29(21-12-6-2-7-13-21)22-14-8-3-9-15-22;/h1-15,18,27,29,31H,16-17,19H2,(H,35,37)(H,38,39);/q;+1/p-1/t27-,31+;/m1./s1. The zero-order chi connectivity index (χ0) is 31.3. The smallest absolute Gasteiger partial charge is 0.550 e. The fourth-order valence-electron chi connectivity index (χ4n) is 5.08. The Morgan fingerprint density at radius 1 is 0.957 bits per heavy atom. The first-order valence-corrected chi connectivity index (χ1v) is 16.8. The van der Waals surface area contributed by atoms with Crippen LogP contribution in [-0.4, -0.2) is 50.8 Å². The zero-order valence-electron chi connectivity index (χ0n) is 24.7. The number of nitrogens with zero attached hydrogens (tertiary/aromatic N) is 2. The molecule has 6 rings (SSSR count). The van der Waals surface area contributed by atoms with E-state index in [0.29, 0.717) is 20.7 Å². The summed E-state index contributed by atoms with van der Waals surface area (Å²) in [4.78, 5) is 58.0. The van der Waals surface area contributed by atoms with Crippen LogP contribution in [0.5, 0.6) is 0 Å². The first kappa shape index (κ1) is 34.6. The number of ether oxygens (including phenoxy) is 1. The summed E-state index contributed by atoms with van der Waals surface area (Å²) in [6, 6.07) is 27.1. The number of carboxylic acid groups (broad SMARTS) is 1. The van der Waals surface area contributed by atoms with Crippen LogP contribution in [0, 0.1) is 0 Å². The summed E-state index contributed by atoms with van der Waals surface area (Å²) in [5, 5.41) is 15.1. The molecule has 13 heteroatoms. The minimum absolute atomic E-state index is 0. The van der Waals surface area contributed by atoms with Gasteiger partial charge in [-0.05, 0) is 16.7 Å². The van der Waals surface area contributed by atoms with Crippen molar-refractivity contribution >= 4 is 58.6 Å². The van der Waals surface area contributed by atoms with E-state index in [1.54, 1.807) is 5.38 Å². The molecule has 0 unspecified atom stereocenters. The summed E-state index contributed by atoms with van der Waals surface area (Å²) in [5.41, 5.74) is 2.80. The van der Waals surface area contributed by atoms with E-state index in [1.165, 1.54) is 39.8 Å². The largest absolute Gasteiger partial charge is 1.00 e. The van der Waals surface area contributed by atoms with Crippen molar-refractivity contribution in [2.45, 2.75) is 34.7 Å². The van der Waals surface area contributed by atoms with Gasteiger partial charge in [-0.25, -0.2) is 9.78 Å². The van der Waals surface area contributed by atoms with Crippen LogP contribution >= 0.6 is 34.9 Å². The van der Waals surface area contributed by atoms with Gasteiger partial charge in [-0.15, -0.1) is 23.1 Å². The van der Waals surface area contributed by atoms with Crippen molar-refractivity contribution in [3.8, 4) is 0 Å². The summed E-state index contributed by atoms with van der Waals surface area (Å²) in [7, 11) is 0. The number of carbonyl (C=O) groups is 4. The van der Waals surface area contributed by atoms with E-state index in [4.69, 9.17) is 4.74 Å². The minimum atomic E-state index is -1.24. The Morgan fingerprint density at radius 3 is 2.17 bits per heavy atom. The summed E-state index contributed by atoms with van der Waals surface area (Å²) in [6.07, 6.45) is -0.937. The molecule has 1 N–H and O–H groups in total. The van der Waals surface area contributed by atoms with E-state index in [-0.39, 0.29) is 75.8 Å². The molecule has 46 heavy (non-hydrogen) atoms. The fraction of sp³-hybridized carbons (Fsp3) is 0.182. The topological polar surface area (TPSA) is 129 Å². The van der Waals surface area contributed by atoms with E-state index in [2.05, 4.69) is 10.3 Å². The molecule has 3 heterocycles. The zero-order valence-corrected chi connectivity index (χ0v) is 30.2. The van der Waals surface area contributed by atoms with Crippen LogP contribution in [0.15, 0.2) is 111 Å². The van der Waals surface area contributed by atoms with Crippen molar-refractivity contribution in [1.82, 2.24) is 15.2 Å². The van der Waals surface area contributed by atoms with E-state index in [1.807, 2.05) is 91.0 Å². The molecule has 1 aromatic heterocycles. The average molecular weight is 696 g/mol. The first-order valence-electron chi connectivity index (χ1n) is 14.0. The number of β-lactam (4-membered cyclic amide) rings is 1. The molecule has 0 spiro atoms. The van der Waals surface area contributed by atoms with Crippen molar-refractivity contribution in [2.24, 2.45) is 0 Å². The Bertz CT molecular complexity index is 1710. The number of carbonyl (C=O) groups excluding carboxylic acids is 4. The molecule has 2 aliphatic rings. The molecule has 2 amide bonds. The van der Waals surface area contributed by atoms with Crippen molar-refractivity contribution in [2.75, 3.05) is 5.75 Å². The molecule has 9 nitrogen and oxygen atoms in total. The van der Waals surface area contributed by atoms with Gasteiger partial charge in [0.1, 0.15) is 17.1 Å². The van der Waals surface area contributed by atoms with Crippen LogP contribution in [0.3, 0.4) is 0 Å². The normalized spacial score (nSPS) is 17.1. The fourth-order valence-corrected chi connectivity index (χ4v) is 8.55. The third-order valence-corrected chi connectivity index (χ3v) is 10.7. The second-order valence-corrected chi connectivity index (χ2v) is 13.6. The van der Waals surface area contributed by atoms with E-state index in [0.717, 1.165) is 16.7 Å². The van der Waals surface area contributed by atoms with Crippen molar-refractivity contribution in [3.05, 3.63) is 129 Å². The van der Waals surface area contributed by atoms with Gasteiger partial charge in [0, 0.05) is 28.4 Å². The molecule has 4 aromatic rings. The van der Waals surface area contributed by atoms with Gasteiger partial charge < -0.3 is 20.0 Å². The monoisotopic (exact) mass is 695 g/mol. The predicted molar refractivity (Wildman–Crippen MR) is 170 cm³/mol. The number of rotatable bonds is 11. The van der Waals surface area contributed by atoms with Crippen molar-refractivity contribution in [1.29, 1.82) is 0 Å². The molecular formula is C33H26KN3O6S3. The molecule has 2 atom stereocenters. The van der Waals surface area contributed by atoms with Gasteiger partial charge in [-0.2, -0.15) is 0 Å². The molecule has 0 aliphatic carbocycles. The molecule has 3 aromatic carbocycles. The van der Waals surface area contributed by atoms with Gasteiger partial charge in [-0.3, -0.25) is 14.5 Å². The van der Waals surface area contributed by atoms with Gasteiger partial charge >= 0.3 is 57.4 Å². The van der Waals surface area contributed by atoms with E-state index < -0.39 is 35.4 Å². The van der Waals surface area contributed by atoms with Gasteiger partial charge in [0.05, 0.1) is 12.1 Å². The first-order chi connectivity index (χ1) is 21.9. The maximum absolute atomic E-state index is 14.1. The number of hydrogen-bond donors (Lipinski definition) is 1. The molecule has 228 valence electrons. The Morgan fingerprint density at radius 2 is 1.57 bits per heavy atom. The number of hydrogen-bond acceptors (Lipinski definition) is 10. The number of fused-ring (bicyclic) bond motifs is 1. The molecule has 0 saturated carbocycles. The Hall–Kier alpha value is -2.75. The molecule has 1 saturated heterocycles. The Kier molecular flexibility index (Phi) is 11.9. The summed E-state index contributed by atoms with van der Waals surface area (Å²) < 4.78 is 6.70. The Balaban J connectivity index is 0.00000417. The van der Waals surface area contributed by atoms with Gasteiger partial charge in [0.2, 0.25) is 5.91 Å². The van der Waals surface area contributed by atoms with E-state index in [9.17, 15) is 24.3 Å². The molecule has 2 aliphatic heterocycles. The van der Waals surface area contributed by atoms with Crippen LogP contribution in [-0.2, 0) is 36.8 Å². The van der Waals surface area contributed by atoms with Gasteiger partial charge in [-0.1, -0.05) is 103 Å². The quantitative estimate of drug-likeness (QED) is 0.137. The van der Waals surface area contributed by atoms with Crippen LogP contribution in [0.25, 0.3) is 0 Å². The van der Waals surface area contributed by atoms with Crippen LogP contribution in [0.2, 0.25) is 0 Å². The average Bonchev–Trinajstić information content (AvgIpc) is 3.49. The third-order valence-electron chi connectivity index (χ3n) is 7.15. The number of nitrogens with one attached hydrogen (secondary N) is 1. The minimum Gasteiger partial charge on any atom is -0.550 e. The third kappa shape index (κ3) is 8.02. The molecule has 1 fully saturated rings. The van der Waals surface area contributed by atoms with E-state index >= 15 is 0 Å². The maximum Gasteiger partial charge on any atom is 1.00 e.